The largest absolute Gasteiger partial charge is 0.388 e. The first-order chi connectivity index (χ1) is 9.40. The molecular formula is C12H16N2O6. The van der Waals surface area contributed by atoms with Crippen molar-refractivity contribution in [3.05, 3.63) is 34.4 Å². The molecule has 4 N–H and O–H groups in total. The van der Waals surface area contributed by atoms with Gasteiger partial charge in [-0.15, -0.1) is 0 Å². The van der Waals surface area contributed by atoms with Crippen LogP contribution in [0.4, 0.5) is 11.4 Å². The van der Waals surface area contributed by atoms with Crippen molar-refractivity contribution in [2.75, 3.05) is 5.32 Å². The lowest BCUT2D eigenvalue weighted by Crippen LogP contribution is -2.58. The molecule has 0 amide bonds. The summed E-state index contributed by atoms with van der Waals surface area (Å²) >= 11 is 0. The van der Waals surface area contributed by atoms with Gasteiger partial charge >= 0.3 is 0 Å². The van der Waals surface area contributed by atoms with Gasteiger partial charge in [0.25, 0.3) is 5.69 Å². The van der Waals surface area contributed by atoms with Crippen LogP contribution in [0, 0.1) is 10.1 Å². The fraction of sp³-hybridized carbons (Fsp3) is 0.500. The number of non-ortho nitro benzene ring substituents is 1. The van der Waals surface area contributed by atoms with Gasteiger partial charge < -0.3 is 25.4 Å². The van der Waals surface area contributed by atoms with Crippen molar-refractivity contribution >= 4 is 11.4 Å². The normalized spacial score (nSPS) is 33.7. The summed E-state index contributed by atoms with van der Waals surface area (Å²) < 4.78 is 5.36. The molecular weight excluding hydrogens is 268 g/mol. The highest BCUT2D eigenvalue weighted by atomic mass is 16.6. The molecule has 0 spiro atoms. The number of aliphatic hydroxyl groups excluding tert-OH is 3. The molecule has 2 rings (SSSR count). The number of nitrogens with zero attached hydrogens (tertiary/aromatic N) is 1. The van der Waals surface area contributed by atoms with Gasteiger partial charge in [0.2, 0.25) is 0 Å². The van der Waals surface area contributed by atoms with E-state index in [9.17, 15) is 25.4 Å². The lowest BCUT2D eigenvalue weighted by molar-refractivity contribution is -0.384. The minimum absolute atomic E-state index is 0.0514. The third-order valence-electron chi connectivity index (χ3n) is 3.24. The highest BCUT2D eigenvalue weighted by Gasteiger charge is 2.41. The Morgan fingerprint density at radius 1 is 1.15 bits per heavy atom. The van der Waals surface area contributed by atoms with Gasteiger partial charge in [-0.1, -0.05) is 0 Å². The number of anilines is 1. The molecule has 1 saturated heterocycles. The Hall–Kier alpha value is -1.74. The number of hydrogen-bond acceptors (Lipinski definition) is 7. The van der Waals surface area contributed by atoms with E-state index >= 15 is 0 Å². The van der Waals surface area contributed by atoms with Crippen LogP contribution in [0.25, 0.3) is 0 Å². The molecule has 1 aromatic rings. The molecule has 0 unspecified atom stereocenters. The van der Waals surface area contributed by atoms with E-state index in [4.69, 9.17) is 4.74 Å². The average molecular weight is 284 g/mol. The van der Waals surface area contributed by atoms with E-state index in [1.165, 1.54) is 24.3 Å². The van der Waals surface area contributed by atoms with Gasteiger partial charge in [-0.05, 0) is 19.1 Å². The molecule has 5 atom stereocenters. The minimum atomic E-state index is -1.32. The first-order valence-corrected chi connectivity index (χ1v) is 6.11. The highest BCUT2D eigenvalue weighted by molar-refractivity contribution is 5.49. The quantitative estimate of drug-likeness (QED) is 0.448. The first-order valence-electron chi connectivity index (χ1n) is 6.11. The van der Waals surface area contributed by atoms with E-state index in [0.717, 1.165) is 0 Å². The van der Waals surface area contributed by atoms with Crippen molar-refractivity contribution in [2.45, 2.75) is 37.6 Å². The van der Waals surface area contributed by atoms with E-state index in [2.05, 4.69) is 5.32 Å². The fourth-order valence-corrected chi connectivity index (χ4v) is 2.01. The molecule has 1 aliphatic rings. The standard InChI is InChI=1S/C12H16N2O6/c1-6-9(15)10(16)11(17)12(20-6)13-7-2-4-8(5-3-7)14(18)19/h2-6,9-13,15-17H,1H3/t6-,9+,10+,11+,12-/m0/s1. The first kappa shape index (κ1) is 14.7. The SMILES string of the molecule is C[C@@H]1O[C@H](Nc2ccc([N+](=O)[O-])cc2)[C@H](O)[C@H](O)[C@@H]1O. The van der Waals surface area contributed by atoms with Crippen LogP contribution < -0.4 is 5.32 Å². The molecule has 1 aliphatic heterocycles. The summed E-state index contributed by atoms with van der Waals surface area (Å²) in [5, 5.41) is 42.4. The van der Waals surface area contributed by atoms with Crippen molar-refractivity contribution in [1.82, 2.24) is 0 Å². The van der Waals surface area contributed by atoms with Gasteiger partial charge in [0.15, 0.2) is 6.23 Å². The van der Waals surface area contributed by atoms with Crippen LogP contribution in [0.5, 0.6) is 0 Å². The second kappa shape index (κ2) is 5.71. The maximum atomic E-state index is 10.5. The molecule has 1 heterocycles. The van der Waals surface area contributed by atoms with Crippen LogP contribution in [0.15, 0.2) is 24.3 Å². The number of nitrogens with one attached hydrogen (secondary N) is 1. The average Bonchev–Trinajstić information content (AvgIpc) is 2.43. The molecule has 8 heteroatoms. The number of aliphatic hydroxyl groups is 3. The van der Waals surface area contributed by atoms with Gasteiger partial charge in [-0.2, -0.15) is 0 Å². The summed E-state index contributed by atoms with van der Waals surface area (Å²) in [6, 6.07) is 5.56. The predicted octanol–water partition coefficient (Wildman–Crippen LogP) is -0.166. The molecule has 0 aromatic heterocycles. The summed E-state index contributed by atoms with van der Waals surface area (Å²) in [5.74, 6) is 0. The smallest absolute Gasteiger partial charge is 0.269 e. The number of ether oxygens (including phenoxy) is 1. The topological polar surface area (TPSA) is 125 Å². The van der Waals surface area contributed by atoms with Gasteiger partial charge in [0.05, 0.1) is 11.0 Å². The van der Waals surface area contributed by atoms with Crippen LogP contribution in [0.1, 0.15) is 6.92 Å². The molecule has 0 bridgehead atoms. The van der Waals surface area contributed by atoms with Gasteiger partial charge in [-0.25, -0.2) is 0 Å². The van der Waals surface area contributed by atoms with Crippen molar-refractivity contribution in [3.63, 3.8) is 0 Å². The van der Waals surface area contributed by atoms with Crippen molar-refractivity contribution in [2.24, 2.45) is 0 Å². The van der Waals surface area contributed by atoms with Crippen LogP contribution in [-0.2, 0) is 4.74 Å². The summed E-state index contributed by atoms with van der Waals surface area (Å²) in [4.78, 5) is 10.0. The van der Waals surface area contributed by atoms with Gasteiger partial charge in [-0.3, -0.25) is 10.1 Å². The number of nitro groups is 1. The molecule has 0 saturated carbocycles. The molecule has 1 fully saturated rings. The van der Waals surface area contributed by atoms with Crippen molar-refractivity contribution in [3.8, 4) is 0 Å². The van der Waals surface area contributed by atoms with Gasteiger partial charge in [0, 0.05) is 17.8 Å². The predicted molar refractivity (Wildman–Crippen MR) is 69.1 cm³/mol. The maximum absolute atomic E-state index is 10.5. The lowest BCUT2D eigenvalue weighted by atomic mass is 9.99. The molecule has 20 heavy (non-hydrogen) atoms. The summed E-state index contributed by atoms with van der Waals surface area (Å²) in [7, 11) is 0. The Labute approximate surface area is 114 Å². The van der Waals surface area contributed by atoms with E-state index in [0.29, 0.717) is 5.69 Å². The third-order valence-corrected chi connectivity index (χ3v) is 3.24. The number of nitro benzene ring substituents is 1. The number of benzene rings is 1. The molecule has 1 aromatic carbocycles. The molecule has 110 valence electrons. The molecule has 0 radical (unpaired) electrons. The Morgan fingerprint density at radius 2 is 1.75 bits per heavy atom. The maximum Gasteiger partial charge on any atom is 0.269 e. The second-order valence-corrected chi connectivity index (χ2v) is 4.68. The Kier molecular flexibility index (Phi) is 4.19. The van der Waals surface area contributed by atoms with Gasteiger partial charge in [0.1, 0.15) is 18.3 Å². The Morgan fingerprint density at radius 3 is 2.30 bits per heavy atom. The zero-order valence-corrected chi connectivity index (χ0v) is 10.7. The monoisotopic (exact) mass is 284 g/mol. The van der Waals surface area contributed by atoms with E-state index in [-0.39, 0.29) is 5.69 Å². The van der Waals surface area contributed by atoms with Crippen molar-refractivity contribution < 1.29 is 25.0 Å². The van der Waals surface area contributed by atoms with Crippen LogP contribution in [0.2, 0.25) is 0 Å². The third kappa shape index (κ3) is 2.88. The summed E-state index contributed by atoms with van der Waals surface area (Å²) in [6.45, 7) is 1.57. The van der Waals surface area contributed by atoms with E-state index < -0.39 is 35.6 Å². The van der Waals surface area contributed by atoms with Crippen molar-refractivity contribution in [1.29, 1.82) is 0 Å². The lowest BCUT2D eigenvalue weighted by Gasteiger charge is -2.39. The van der Waals surface area contributed by atoms with Crippen LogP contribution in [-0.4, -0.2) is 50.9 Å². The number of hydrogen-bond donors (Lipinski definition) is 4. The molecule has 0 aliphatic carbocycles. The Balaban J connectivity index is 2.07. The Bertz CT molecular complexity index is 479. The molecule has 8 nitrogen and oxygen atoms in total. The summed E-state index contributed by atoms with van der Waals surface area (Å²) in [5.41, 5.74) is 0.444. The summed E-state index contributed by atoms with van der Waals surface area (Å²) in [6.07, 6.45) is -5.36. The van der Waals surface area contributed by atoms with Crippen LogP contribution in [0.3, 0.4) is 0 Å². The fourth-order valence-electron chi connectivity index (χ4n) is 2.01. The second-order valence-electron chi connectivity index (χ2n) is 4.68. The zero-order valence-electron chi connectivity index (χ0n) is 10.7. The minimum Gasteiger partial charge on any atom is -0.388 e. The van der Waals surface area contributed by atoms with Crippen LogP contribution >= 0.6 is 0 Å². The number of rotatable bonds is 3. The zero-order chi connectivity index (χ0) is 14.9. The van der Waals surface area contributed by atoms with E-state index in [1.807, 2.05) is 0 Å². The highest BCUT2D eigenvalue weighted by Crippen LogP contribution is 2.23. The van der Waals surface area contributed by atoms with E-state index in [1.54, 1.807) is 6.92 Å².